The van der Waals surface area contributed by atoms with Gasteiger partial charge in [0.1, 0.15) is 5.82 Å². The summed E-state index contributed by atoms with van der Waals surface area (Å²) in [7, 11) is 4.75. The van der Waals surface area contributed by atoms with E-state index in [0.717, 1.165) is 37.2 Å². The highest BCUT2D eigenvalue weighted by Gasteiger charge is 2.19. The summed E-state index contributed by atoms with van der Waals surface area (Å²) < 4.78 is 16.2. The Morgan fingerprint density at radius 2 is 1.54 bits per heavy atom. The maximum absolute atomic E-state index is 6.00. The molecular weight excluding hydrogens is 308 g/mol. The van der Waals surface area contributed by atoms with Crippen molar-refractivity contribution < 1.29 is 14.2 Å². The van der Waals surface area contributed by atoms with E-state index in [1.165, 1.54) is 0 Å². The van der Waals surface area contributed by atoms with Crippen molar-refractivity contribution in [2.75, 3.05) is 45.1 Å². The second kappa shape index (κ2) is 6.82. The molecule has 0 unspecified atom stereocenters. The molecule has 1 saturated heterocycles. The zero-order valence-electron chi connectivity index (χ0n) is 14.2. The zero-order valence-corrected chi connectivity index (χ0v) is 14.2. The van der Waals surface area contributed by atoms with Crippen LogP contribution in [0.5, 0.6) is 17.2 Å². The number of nitrogens with two attached hydrogens (primary N) is 1. The summed E-state index contributed by atoms with van der Waals surface area (Å²) in [6.45, 7) is 1.91. The van der Waals surface area contributed by atoms with Gasteiger partial charge in [-0.15, -0.1) is 0 Å². The van der Waals surface area contributed by atoms with Crippen LogP contribution in [0.25, 0.3) is 11.3 Å². The summed E-state index contributed by atoms with van der Waals surface area (Å²) in [4.78, 5) is 11.2. The van der Waals surface area contributed by atoms with Crippen LogP contribution in [0.4, 0.5) is 11.8 Å². The van der Waals surface area contributed by atoms with E-state index < -0.39 is 0 Å². The Morgan fingerprint density at radius 1 is 0.917 bits per heavy atom. The van der Waals surface area contributed by atoms with Gasteiger partial charge in [0, 0.05) is 24.7 Å². The second-order valence-corrected chi connectivity index (χ2v) is 5.59. The Balaban J connectivity index is 2.08. The van der Waals surface area contributed by atoms with Crippen molar-refractivity contribution in [3.05, 3.63) is 18.2 Å². The molecule has 1 aliphatic heterocycles. The smallest absolute Gasteiger partial charge is 0.227 e. The van der Waals surface area contributed by atoms with Crippen LogP contribution < -0.4 is 24.8 Å². The Bertz CT molecular complexity index is 705. The Hall–Kier alpha value is -2.70. The van der Waals surface area contributed by atoms with Gasteiger partial charge in [-0.05, 0) is 25.0 Å². The average Bonchev–Trinajstić information content (AvgIpc) is 3.14. The highest BCUT2D eigenvalue weighted by atomic mass is 16.5. The van der Waals surface area contributed by atoms with Crippen molar-refractivity contribution in [1.29, 1.82) is 0 Å². The van der Waals surface area contributed by atoms with Gasteiger partial charge in [0.25, 0.3) is 0 Å². The van der Waals surface area contributed by atoms with Crippen LogP contribution in [-0.2, 0) is 0 Å². The maximum atomic E-state index is 6.00. The number of nitrogen functional groups attached to an aromatic ring is 1. The molecule has 1 aliphatic rings. The molecule has 0 amide bonds. The van der Waals surface area contributed by atoms with Gasteiger partial charge in [0.15, 0.2) is 11.5 Å². The molecular formula is C17H22N4O3. The number of anilines is 2. The topological polar surface area (TPSA) is 82.7 Å². The van der Waals surface area contributed by atoms with Crippen LogP contribution in [0.2, 0.25) is 0 Å². The number of aromatic nitrogens is 2. The van der Waals surface area contributed by atoms with Gasteiger partial charge >= 0.3 is 0 Å². The summed E-state index contributed by atoms with van der Waals surface area (Å²) in [5.74, 6) is 2.80. The van der Waals surface area contributed by atoms with Crippen molar-refractivity contribution in [2.45, 2.75) is 12.8 Å². The summed E-state index contributed by atoms with van der Waals surface area (Å²) in [5, 5.41) is 0. The number of hydrogen-bond acceptors (Lipinski definition) is 7. The number of hydrogen-bond donors (Lipinski definition) is 1. The van der Waals surface area contributed by atoms with Gasteiger partial charge in [0.05, 0.1) is 27.0 Å². The van der Waals surface area contributed by atoms with Crippen molar-refractivity contribution in [3.8, 4) is 28.5 Å². The molecule has 7 heteroatoms. The van der Waals surface area contributed by atoms with E-state index in [-0.39, 0.29) is 0 Å². The number of rotatable bonds is 5. The van der Waals surface area contributed by atoms with E-state index in [1.807, 2.05) is 12.1 Å². The molecule has 128 valence electrons. The van der Waals surface area contributed by atoms with Crippen molar-refractivity contribution in [3.63, 3.8) is 0 Å². The van der Waals surface area contributed by atoms with Crippen LogP contribution in [0.3, 0.4) is 0 Å². The monoisotopic (exact) mass is 330 g/mol. The fourth-order valence-corrected chi connectivity index (χ4v) is 2.89. The van der Waals surface area contributed by atoms with Crippen molar-refractivity contribution in [1.82, 2.24) is 9.97 Å². The summed E-state index contributed by atoms with van der Waals surface area (Å²) in [5.41, 5.74) is 7.55. The largest absolute Gasteiger partial charge is 0.493 e. The molecule has 0 radical (unpaired) electrons. The van der Waals surface area contributed by atoms with Crippen LogP contribution in [0.15, 0.2) is 18.2 Å². The van der Waals surface area contributed by atoms with Crippen molar-refractivity contribution in [2.24, 2.45) is 0 Å². The van der Waals surface area contributed by atoms with Gasteiger partial charge in [-0.3, -0.25) is 0 Å². The zero-order chi connectivity index (χ0) is 17.1. The lowest BCUT2D eigenvalue weighted by atomic mass is 10.1. The molecule has 3 rings (SSSR count). The van der Waals surface area contributed by atoms with Crippen LogP contribution in [-0.4, -0.2) is 44.4 Å². The lowest BCUT2D eigenvalue weighted by molar-refractivity contribution is 0.324. The number of ether oxygens (including phenoxy) is 3. The minimum atomic E-state index is 0.440. The SMILES string of the molecule is COc1cc(-c2cc(N)nc(N3CCCC3)n2)cc(OC)c1OC. The van der Waals surface area contributed by atoms with E-state index in [1.54, 1.807) is 27.4 Å². The molecule has 0 atom stereocenters. The summed E-state index contributed by atoms with van der Waals surface area (Å²) in [6.07, 6.45) is 2.30. The van der Waals surface area contributed by atoms with E-state index >= 15 is 0 Å². The fourth-order valence-electron chi connectivity index (χ4n) is 2.89. The normalized spacial score (nSPS) is 13.9. The number of methoxy groups -OCH3 is 3. The second-order valence-electron chi connectivity index (χ2n) is 5.59. The first-order chi connectivity index (χ1) is 11.7. The fraction of sp³-hybridized carbons (Fsp3) is 0.412. The maximum Gasteiger partial charge on any atom is 0.227 e. The average molecular weight is 330 g/mol. The van der Waals surface area contributed by atoms with E-state index in [4.69, 9.17) is 19.9 Å². The molecule has 0 aliphatic carbocycles. The summed E-state index contributed by atoms with van der Waals surface area (Å²) in [6, 6.07) is 5.47. The molecule has 2 N–H and O–H groups in total. The number of benzene rings is 1. The first-order valence-corrected chi connectivity index (χ1v) is 7.86. The Morgan fingerprint density at radius 3 is 2.08 bits per heavy atom. The summed E-state index contributed by atoms with van der Waals surface area (Å²) >= 11 is 0. The molecule has 0 saturated carbocycles. The Kier molecular flexibility index (Phi) is 4.59. The predicted octanol–water partition coefficient (Wildman–Crippen LogP) is 2.35. The predicted molar refractivity (Wildman–Crippen MR) is 93.0 cm³/mol. The lowest BCUT2D eigenvalue weighted by Gasteiger charge is -2.17. The van der Waals surface area contributed by atoms with Crippen LogP contribution >= 0.6 is 0 Å². The van der Waals surface area contributed by atoms with Crippen LogP contribution in [0.1, 0.15) is 12.8 Å². The van der Waals surface area contributed by atoms with E-state index in [9.17, 15) is 0 Å². The number of nitrogens with zero attached hydrogens (tertiary/aromatic N) is 3. The van der Waals surface area contributed by atoms with E-state index in [0.29, 0.717) is 29.0 Å². The third-order valence-corrected chi connectivity index (χ3v) is 4.08. The van der Waals surface area contributed by atoms with Crippen molar-refractivity contribution >= 4 is 11.8 Å². The van der Waals surface area contributed by atoms with Crippen LogP contribution in [0, 0.1) is 0 Å². The highest BCUT2D eigenvalue weighted by Crippen LogP contribution is 2.41. The molecule has 7 nitrogen and oxygen atoms in total. The van der Waals surface area contributed by atoms with E-state index in [2.05, 4.69) is 14.9 Å². The molecule has 1 aromatic heterocycles. The standard InChI is InChI=1S/C17H22N4O3/c1-22-13-8-11(9-14(23-2)16(13)24-3)12-10-15(18)20-17(19-12)21-6-4-5-7-21/h8-10H,4-7H2,1-3H3,(H2,18,19,20). The molecule has 0 spiro atoms. The molecule has 2 heterocycles. The third-order valence-electron chi connectivity index (χ3n) is 4.08. The third kappa shape index (κ3) is 3.02. The molecule has 1 aromatic carbocycles. The Labute approximate surface area is 141 Å². The molecule has 1 fully saturated rings. The highest BCUT2D eigenvalue weighted by molar-refractivity contribution is 5.71. The first kappa shape index (κ1) is 16.2. The molecule has 24 heavy (non-hydrogen) atoms. The van der Waals surface area contributed by atoms with Gasteiger partial charge in [-0.1, -0.05) is 0 Å². The quantitative estimate of drug-likeness (QED) is 0.901. The van der Waals surface area contributed by atoms with Gasteiger partial charge < -0.3 is 24.8 Å². The minimum absolute atomic E-state index is 0.440. The molecule has 0 bridgehead atoms. The van der Waals surface area contributed by atoms with Gasteiger partial charge in [-0.2, -0.15) is 4.98 Å². The first-order valence-electron chi connectivity index (χ1n) is 7.86. The van der Waals surface area contributed by atoms with Gasteiger partial charge in [-0.25, -0.2) is 4.98 Å². The van der Waals surface area contributed by atoms with Gasteiger partial charge in [0.2, 0.25) is 11.7 Å². The molecule has 2 aromatic rings. The minimum Gasteiger partial charge on any atom is -0.493 e. The lowest BCUT2D eigenvalue weighted by Crippen LogP contribution is -2.21.